The van der Waals surface area contributed by atoms with E-state index in [4.69, 9.17) is 4.52 Å². The largest absolute Gasteiger partial charge is 0.323 e. The lowest BCUT2D eigenvalue weighted by Crippen LogP contribution is -2.24. The zero-order chi connectivity index (χ0) is 15.6. The first-order chi connectivity index (χ1) is 11.3. The summed E-state index contributed by atoms with van der Waals surface area (Å²) in [7, 11) is 1.38. The fourth-order valence-corrected chi connectivity index (χ4v) is 5.70. The van der Waals surface area contributed by atoms with E-state index in [1.165, 1.54) is 25.1 Å². The molecule has 2 aromatic rings. The van der Waals surface area contributed by atoms with E-state index < -0.39 is 8.45 Å². The molecule has 0 amide bonds. The normalized spacial score (nSPS) is 24.3. The monoisotopic (exact) mass is 331 g/mol. The first-order valence-electron chi connectivity index (χ1n) is 8.34. The van der Waals surface area contributed by atoms with E-state index in [0.29, 0.717) is 6.04 Å². The number of aromatic nitrogens is 2. The number of benzene rings is 1. The molecule has 2 atom stereocenters. The van der Waals surface area contributed by atoms with Crippen LogP contribution >= 0.6 is 8.45 Å². The number of fused-ring (bicyclic) bond motifs is 1. The van der Waals surface area contributed by atoms with Crippen molar-refractivity contribution in [3.63, 3.8) is 0 Å². The molecule has 4 rings (SSSR count). The highest BCUT2D eigenvalue weighted by atomic mass is 31.2. The third kappa shape index (κ3) is 3.14. The second-order valence-electron chi connectivity index (χ2n) is 6.28. The number of rotatable bonds is 5. The van der Waals surface area contributed by atoms with Crippen LogP contribution in [0, 0.1) is 0 Å². The van der Waals surface area contributed by atoms with Gasteiger partial charge in [0.1, 0.15) is 18.9 Å². The Morgan fingerprint density at radius 3 is 2.96 bits per heavy atom. The van der Waals surface area contributed by atoms with Crippen LogP contribution < -0.4 is 9.24 Å². The zero-order valence-corrected chi connectivity index (χ0v) is 14.5. The Bertz CT molecular complexity index is 647. The van der Waals surface area contributed by atoms with Gasteiger partial charge in [0.05, 0.1) is 13.7 Å². The molecule has 122 valence electrons. The minimum absolute atomic E-state index is 0.668. The Kier molecular flexibility index (Phi) is 4.34. The van der Waals surface area contributed by atoms with E-state index in [1.54, 1.807) is 0 Å². The van der Waals surface area contributed by atoms with E-state index >= 15 is 0 Å². The summed E-state index contributed by atoms with van der Waals surface area (Å²) < 4.78 is 15.7. The van der Waals surface area contributed by atoms with Gasteiger partial charge in [0.2, 0.25) is 14.8 Å². The van der Waals surface area contributed by atoms with Gasteiger partial charge >= 0.3 is 0 Å². The predicted octanol–water partition coefficient (Wildman–Crippen LogP) is 2.54. The molecule has 0 bridgehead atoms. The molecule has 2 aliphatic heterocycles. The quantitative estimate of drug-likeness (QED) is 0.622. The van der Waals surface area contributed by atoms with Crippen LogP contribution in [0.1, 0.15) is 12.8 Å². The van der Waals surface area contributed by atoms with Crippen molar-refractivity contribution >= 4 is 14.1 Å². The summed E-state index contributed by atoms with van der Waals surface area (Å²) in [5.74, 6) is 0. The first kappa shape index (κ1) is 15.1. The van der Waals surface area contributed by atoms with E-state index in [0.717, 1.165) is 19.7 Å². The van der Waals surface area contributed by atoms with Crippen molar-refractivity contribution in [2.24, 2.45) is 7.05 Å². The van der Waals surface area contributed by atoms with Gasteiger partial charge in [-0.05, 0) is 25.0 Å². The highest BCUT2D eigenvalue weighted by molar-refractivity contribution is 7.52. The Balaban J connectivity index is 1.44. The third-order valence-electron chi connectivity index (χ3n) is 4.59. The Morgan fingerprint density at radius 2 is 2.17 bits per heavy atom. The van der Waals surface area contributed by atoms with Crippen LogP contribution in [0.25, 0.3) is 0 Å². The molecule has 2 fully saturated rings. The van der Waals surface area contributed by atoms with Crippen LogP contribution in [-0.2, 0) is 18.1 Å². The number of imidazole rings is 1. The Hall–Kier alpha value is -1.42. The average molecular weight is 331 g/mol. The molecule has 2 saturated heterocycles. The summed E-state index contributed by atoms with van der Waals surface area (Å²) in [6.45, 7) is 3.94. The molecule has 6 heteroatoms. The molecule has 1 aromatic heterocycles. The van der Waals surface area contributed by atoms with Crippen molar-refractivity contribution in [2.75, 3.05) is 24.4 Å². The van der Waals surface area contributed by atoms with E-state index in [-0.39, 0.29) is 0 Å². The van der Waals surface area contributed by atoms with Crippen LogP contribution in [0.3, 0.4) is 0 Å². The summed E-state index contributed by atoms with van der Waals surface area (Å²) in [4.78, 5) is 0. The van der Waals surface area contributed by atoms with Gasteiger partial charge in [-0.3, -0.25) is 0 Å². The third-order valence-corrected chi connectivity index (χ3v) is 6.78. The number of anilines is 1. The van der Waals surface area contributed by atoms with E-state index in [9.17, 15) is 0 Å². The molecule has 0 saturated carbocycles. The van der Waals surface area contributed by atoms with Crippen molar-refractivity contribution in [1.29, 1.82) is 0 Å². The lowest BCUT2D eigenvalue weighted by atomic mass is 10.2. The topological polar surface area (TPSA) is 24.5 Å². The number of hydrogen-bond acceptors (Lipinski definition) is 3. The maximum Gasteiger partial charge on any atom is 0.243 e. The SMILES string of the molecule is C[n+]1ccn(CCOP2N(c3ccccc3)C[C@@H]3CCCN32)c1. The molecule has 1 aromatic carbocycles. The van der Waals surface area contributed by atoms with Gasteiger partial charge in [-0.1, -0.05) is 18.2 Å². The first-order valence-corrected chi connectivity index (χ1v) is 9.51. The fraction of sp³-hybridized carbons (Fsp3) is 0.471. The Labute approximate surface area is 139 Å². The zero-order valence-electron chi connectivity index (χ0n) is 13.6. The molecule has 0 N–H and O–H groups in total. The Morgan fingerprint density at radius 1 is 1.30 bits per heavy atom. The van der Waals surface area contributed by atoms with Crippen LogP contribution in [0.4, 0.5) is 5.69 Å². The number of hydrogen-bond donors (Lipinski definition) is 0. The highest BCUT2D eigenvalue weighted by Gasteiger charge is 2.43. The lowest BCUT2D eigenvalue weighted by molar-refractivity contribution is -0.671. The molecule has 5 nitrogen and oxygen atoms in total. The number of aryl methyl sites for hydroxylation is 1. The molecule has 0 spiro atoms. The van der Waals surface area contributed by atoms with Crippen LogP contribution in [-0.4, -0.2) is 35.0 Å². The predicted molar refractivity (Wildman–Crippen MR) is 92.0 cm³/mol. The molecule has 3 heterocycles. The average Bonchev–Trinajstić information content (AvgIpc) is 3.25. The van der Waals surface area contributed by atoms with Gasteiger partial charge in [0.25, 0.3) is 0 Å². The molecule has 2 aliphatic rings. The summed E-state index contributed by atoms with van der Waals surface area (Å²) in [5, 5.41) is 0. The molecule has 23 heavy (non-hydrogen) atoms. The number of para-hydroxylation sites is 1. The van der Waals surface area contributed by atoms with Gasteiger partial charge < -0.3 is 9.19 Å². The van der Waals surface area contributed by atoms with Gasteiger partial charge in [0, 0.05) is 24.8 Å². The maximum absolute atomic E-state index is 6.38. The molecular formula is C17H24N4OP+. The second-order valence-corrected chi connectivity index (χ2v) is 8.04. The summed E-state index contributed by atoms with van der Waals surface area (Å²) in [6, 6.07) is 11.4. The van der Waals surface area contributed by atoms with Crippen molar-refractivity contribution in [3.8, 4) is 0 Å². The summed E-state index contributed by atoms with van der Waals surface area (Å²) >= 11 is 0. The molecule has 0 aliphatic carbocycles. The summed E-state index contributed by atoms with van der Waals surface area (Å²) in [6.07, 6.45) is 8.87. The van der Waals surface area contributed by atoms with Crippen LogP contribution in [0.15, 0.2) is 49.1 Å². The fourth-order valence-electron chi connectivity index (χ4n) is 3.45. The van der Waals surface area contributed by atoms with Crippen LogP contribution in [0.2, 0.25) is 0 Å². The lowest BCUT2D eigenvalue weighted by Gasteiger charge is -2.28. The molecule has 0 radical (unpaired) electrons. The van der Waals surface area contributed by atoms with Gasteiger partial charge in [0.15, 0.2) is 0 Å². The van der Waals surface area contributed by atoms with Gasteiger partial charge in [-0.15, -0.1) is 0 Å². The van der Waals surface area contributed by atoms with E-state index in [1.807, 2.05) is 7.05 Å². The van der Waals surface area contributed by atoms with E-state index in [2.05, 4.69) is 67.5 Å². The van der Waals surface area contributed by atoms with Gasteiger partial charge in [-0.25, -0.2) is 13.8 Å². The van der Waals surface area contributed by atoms with Crippen molar-refractivity contribution in [3.05, 3.63) is 49.1 Å². The number of nitrogens with zero attached hydrogens (tertiary/aromatic N) is 4. The smallest absolute Gasteiger partial charge is 0.243 e. The molecule has 1 unspecified atom stereocenters. The minimum atomic E-state index is -0.668. The maximum atomic E-state index is 6.38. The van der Waals surface area contributed by atoms with Gasteiger partial charge in [-0.2, -0.15) is 0 Å². The minimum Gasteiger partial charge on any atom is -0.323 e. The van der Waals surface area contributed by atoms with Crippen molar-refractivity contribution < 1.29 is 9.09 Å². The second kappa shape index (κ2) is 6.60. The molecular weight excluding hydrogens is 307 g/mol. The highest BCUT2D eigenvalue weighted by Crippen LogP contribution is 2.56. The van der Waals surface area contributed by atoms with Crippen molar-refractivity contribution in [2.45, 2.75) is 25.4 Å². The van der Waals surface area contributed by atoms with Crippen LogP contribution in [0.5, 0.6) is 0 Å². The van der Waals surface area contributed by atoms with Crippen molar-refractivity contribution in [1.82, 2.24) is 9.24 Å². The standard InChI is InChI=1S/C17H24N4OP/c1-18-10-11-19(15-18)12-13-22-23-20-9-5-8-17(20)14-21(23)16-6-3-2-4-7-16/h2-4,6-7,10-11,15,17H,5,8-9,12-14H2,1H3/q+1/t17-,23?/m0/s1. The summed E-state index contributed by atoms with van der Waals surface area (Å²) in [5.41, 5.74) is 1.29.